The fraction of sp³-hybridized carbons (Fsp3) is 0.562. The molecule has 0 heterocycles. The molecule has 0 unspecified atom stereocenters. The Balaban J connectivity index is 2.14. The van der Waals surface area contributed by atoms with Crippen molar-refractivity contribution in [2.24, 2.45) is 5.41 Å². The molecule has 0 fully saturated rings. The lowest BCUT2D eigenvalue weighted by Crippen LogP contribution is -2.34. The van der Waals surface area contributed by atoms with Crippen LogP contribution in [-0.2, 0) is 4.79 Å². The average Bonchev–Trinajstić information content (AvgIpc) is 2.36. The van der Waals surface area contributed by atoms with E-state index in [1.807, 2.05) is 30.3 Å². The van der Waals surface area contributed by atoms with Gasteiger partial charge in [-0.25, -0.2) is 0 Å². The number of rotatable bonds is 7. The first-order chi connectivity index (χ1) is 9.37. The van der Waals surface area contributed by atoms with Gasteiger partial charge in [0.25, 0.3) is 0 Å². The van der Waals surface area contributed by atoms with Gasteiger partial charge in [-0.3, -0.25) is 4.79 Å². The number of hydrogen-bond acceptors (Lipinski definition) is 3. The number of nitrogens with one attached hydrogen (secondary N) is 1. The average molecular weight is 279 g/mol. The standard InChI is InChI=1S/C16H25NO3/c1-16(2,3)11-13(18)12-17-15(19)9-10-20-14-7-5-4-6-8-14/h4-8,13,18H,9-12H2,1-3H3,(H,17,19)/t13-/m1/s1. The summed E-state index contributed by atoms with van der Waals surface area (Å²) in [6.07, 6.45) is 0.444. The molecule has 0 spiro atoms. The Bertz CT molecular complexity index is 398. The highest BCUT2D eigenvalue weighted by molar-refractivity contribution is 5.76. The van der Waals surface area contributed by atoms with Crippen LogP contribution in [-0.4, -0.2) is 30.3 Å². The van der Waals surface area contributed by atoms with Crippen LogP contribution >= 0.6 is 0 Å². The number of carbonyl (C=O) groups excluding carboxylic acids is 1. The SMILES string of the molecule is CC(C)(C)C[C@@H](O)CNC(=O)CCOc1ccccc1. The highest BCUT2D eigenvalue weighted by atomic mass is 16.5. The smallest absolute Gasteiger partial charge is 0.223 e. The van der Waals surface area contributed by atoms with Crippen molar-refractivity contribution in [1.29, 1.82) is 0 Å². The fourth-order valence-corrected chi connectivity index (χ4v) is 1.88. The third-order valence-corrected chi connectivity index (χ3v) is 2.72. The van der Waals surface area contributed by atoms with Crippen LogP contribution in [0.4, 0.5) is 0 Å². The molecule has 1 aromatic rings. The molecule has 112 valence electrons. The number of aliphatic hydroxyl groups is 1. The summed E-state index contributed by atoms with van der Waals surface area (Å²) < 4.78 is 5.44. The van der Waals surface area contributed by atoms with Crippen LogP contribution in [0.3, 0.4) is 0 Å². The summed E-state index contributed by atoms with van der Waals surface area (Å²) in [6.45, 7) is 6.82. The van der Waals surface area contributed by atoms with E-state index in [-0.39, 0.29) is 17.7 Å². The summed E-state index contributed by atoms with van der Waals surface area (Å²) in [5.41, 5.74) is 0.0561. The summed E-state index contributed by atoms with van der Waals surface area (Å²) in [5.74, 6) is 0.655. The van der Waals surface area contributed by atoms with E-state index in [1.54, 1.807) is 0 Å². The Hall–Kier alpha value is -1.55. The Morgan fingerprint density at radius 3 is 2.55 bits per heavy atom. The lowest BCUT2D eigenvalue weighted by atomic mass is 9.89. The van der Waals surface area contributed by atoms with Crippen LogP contribution in [0.1, 0.15) is 33.6 Å². The lowest BCUT2D eigenvalue weighted by Gasteiger charge is -2.22. The molecule has 1 amide bonds. The minimum Gasteiger partial charge on any atom is -0.493 e. The molecule has 1 rings (SSSR count). The molecule has 0 saturated heterocycles. The monoisotopic (exact) mass is 279 g/mol. The first-order valence-corrected chi connectivity index (χ1v) is 6.99. The number of carbonyl (C=O) groups is 1. The van der Waals surface area contributed by atoms with Gasteiger partial charge >= 0.3 is 0 Å². The summed E-state index contributed by atoms with van der Waals surface area (Å²) >= 11 is 0. The van der Waals surface area contributed by atoms with E-state index >= 15 is 0 Å². The molecule has 0 aliphatic rings. The molecule has 0 radical (unpaired) electrons. The molecular weight excluding hydrogens is 254 g/mol. The van der Waals surface area contributed by atoms with Crippen LogP contribution in [0.15, 0.2) is 30.3 Å². The van der Waals surface area contributed by atoms with Crippen molar-refractivity contribution in [3.8, 4) is 5.75 Å². The van der Waals surface area contributed by atoms with E-state index in [0.717, 1.165) is 5.75 Å². The number of benzene rings is 1. The van der Waals surface area contributed by atoms with Gasteiger partial charge < -0.3 is 15.2 Å². The zero-order valence-corrected chi connectivity index (χ0v) is 12.6. The van der Waals surface area contributed by atoms with Crippen LogP contribution < -0.4 is 10.1 Å². The Morgan fingerprint density at radius 1 is 1.30 bits per heavy atom. The van der Waals surface area contributed by atoms with Gasteiger partial charge in [-0.15, -0.1) is 0 Å². The highest BCUT2D eigenvalue weighted by Gasteiger charge is 2.17. The maximum atomic E-state index is 11.6. The molecule has 0 bridgehead atoms. The number of aliphatic hydroxyl groups excluding tert-OH is 1. The van der Waals surface area contributed by atoms with Crippen LogP contribution in [0, 0.1) is 5.41 Å². The second-order valence-electron chi connectivity index (χ2n) is 6.13. The molecule has 0 aliphatic carbocycles. The van der Waals surface area contributed by atoms with Crippen molar-refractivity contribution in [2.75, 3.05) is 13.2 Å². The van der Waals surface area contributed by atoms with E-state index in [4.69, 9.17) is 4.74 Å². The van der Waals surface area contributed by atoms with Crippen LogP contribution in [0.25, 0.3) is 0 Å². The molecule has 20 heavy (non-hydrogen) atoms. The second kappa shape index (κ2) is 7.90. The molecule has 2 N–H and O–H groups in total. The predicted molar refractivity (Wildman–Crippen MR) is 79.6 cm³/mol. The van der Waals surface area contributed by atoms with Crippen molar-refractivity contribution in [2.45, 2.75) is 39.7 Å². The van der Waals surface area contributed by atoms with Gasteiger partial charge in [-0.1, -0.05) is 39.0 Å². The molecule has 4 nitrogen and oxygen atoms in total. The van der Waals surface area contributed by atoms with Crippen molar-refractivity contribution in [3.63, 3.8) is 0 Å². The minimum absolute atomic E-state index is 0.0561. The quantitative estimate of drug-likeness (QED) is 0.805. The molecule has 0 aliphatic heterocycles. The minimum atomic E-state index is -0.506. The third kappa shape index (κ3) is 7.79. The van der Waals surface area contributed by atoms with Crippen molar-refractivity contribution in [1.82, 2.24) is 5.32 Å². The number of para-hydroxylation sites is 1. The molecular formula is C16H25NO3. The van der Waals surface area contributed by atoms with Crippen LogP contribution in [0.5, 0.6) is 5.75 Å². The summed E-state index contributed by atoms with van der Waals surface area (Å²) in [4.78, 5) is 11.6. The summed E-state index contributed by atoms with van der Waals surface area (Å²) in [6, 6.07) is 9.39. The summed E-state index contributed by atoms with van der Waals surface area (Å²) in [5, 5.41) is 12.5. The van der Waals surface area contributed by atoms with Crippen molar-refractivity contribution >= 4 is 5.91 Å². The zero-order valence-electron chi connectivity index (χ0n) is 12.6. The third-order valence-electron chi connectivity index (χ3n) is 2.72. The summed E-state index contributed by atoms with van der Waals surface area (Å²) in [7, 11) is 0. The topological polar surface area (TPSA) is 58.6 Å². The Morgan fingerprint density at radius 2 is 1.95 bits per heavy atom. The predicted octanol–water partition coefficient (Wildman–Crippen LogP) is 2.37. The number of hydrogen-bond donors (Lipinski definition) is 2. The van der Waals surface area contributed by atoms with E-state index in [2.05, 4.69) is 26.1 Å². The van der Waals surface area contributed by atoms with Gasteiger partial charge in [0.1, 0.15) is 5.75 Å². The van der Waals surface area contributed by atoms with Gasteiger partial charge in [-0.05, 0) is 24.0 Å². The fourth-order valence-electron chi connectivity index (χ4n) is 1.88. The normalized spacial score (nSPS) is 12.8. The molecule has 1 aromatic carbocycles. The number of ether oxygens (including phenoxy) is 1. The molecule has 4 heteroatoms. The van der Waals surface area contributed by atoms with Gasteiger partial charge in [0.05, 0.1) is 19.1 Å². The molecule has 1 atom stereocenters. The maximum Gasteiger partial charge on any atom is 0.223 e. The van der Waals surface area contributed by atoms with Gasteiger partial charge in [0.15, 0.2) is 0 Å². The van der Waals surface area contributed by atoms with E-state index in [0.29, 0.717) is 19.6 Å². The Labute approximate surface area is 121 Å². The first kappa shape index (κ1) is 16.5. The lowest BCUT2D eigenvalue weighted by molar-refractivity contribution is -0.122. The van der Waals surface area contributed by atoms with Crippen molar-refractivity contribution in [3.05, 3.63) is 30.3 Å². The van der Waals surface area contributed by atoms with Gasteiger partial charge in [0, 0.05) is 6.54 Å². The van der Waals surface area contributed by atoms with E-state index in [1.165, 1.54) is 0 Å². The van der Waals surface area contributed by atoms with E-state index in [9.17, 15) is 9.90 Å². The number of amides is 1. The van der Waals surface area contributed by atoms with Gasteiger partial charge in [-0.2, -0.15) is 0 Å². The zero-order chi connectivity index (χ0) is 15.0. The Kier molecular flexibility index (Phi) is 6.52. The maximum absolute atomic E-state index is 11.6. The second-order valence-corrected chi connectivity index (χ2v) is 6.13. The van der Waals surface area contributed by atoms with Gasteiger partial charge in [0.2, 0.25) is 5.91 Å². The molecule has 0 saturated carbocycles. The molecule has 0 aromatic heterocycles. The van der Waals surface area contributed by atoms with Crippen molar-refractivity contribution < 1.29 is 14.6 Å². The highest BCUT2D eigenvalue weighted by Crippen LogP contribution is 2.20. The van der Waals surface area contributed by atoms with E-state index < -0.39 is 6.10 Å². The largest absolute Gasteiger partial charge is 0.493 e. The van der Waals surface area contributed by atoms with Crippen LogP contribution in [0.2, 0.25) is 0 Å². The first-order valence-electron chi connectivity index (χ1n) is 6.99.